The van der Waals surface area contributed by atoms with Crippen LogP contribution in [-0.2, 0) is 14.8 Å². The summed E-state index contributed by atoms with van der Waals surface area (Å²) in [5.41, 5.74) is 1.49. The number of nitrogens with zero attached hydrogens (tertiary/aromatic N) is 1. The molecule has 0 radical (unpaired) electrons. The highest BCUT2D eigenvalue weighted by molar-refractivity contribution is 7.89. The predicted molar refractivity (Wildman–Crippen MR) is 105 cm³/mol. The normalized spacial score (nSPS) is 12.6. The molecule has 2 rings (SSSR count). The maximum atomic E-state index is 13.0. The van der Waals surface area contributed by atoms with E-state index in [2.05, 4.69) is 5.32 Å². The third-order valence-corrected chi connectivity index (χ3v) is 6.30. The smallest absolute Gasteiger partial charge is 0.247 e. The maximum Gasteiger partial charge on any atom is 0.247 e. The number of hydrogen-bond donors (Lipinski definition) is 1. The average molecular weight is 408 g/mol. The predicted octanol–water partition coefficient (Wildman–Crippen LogP) is 3.03. The lowest BCUT2D eigenvalue weighted by Gasteiger charge is -2.23. The van der Waals surface area contributed by atoms with E-state index in [-0.39, 0.29) is 35.6 Å². The summed E-state index contributed by atoms with van der Waals surface area (Å²) in [6.07, 6.45) is 0. The van der Waals surface area contributed by atoms with Gasteiger partial charge in [-0.3, -0.25) is 4.79 Å². The van der Waals surface area contributed by atoms with E-state index < -0.39 is 15.9 Å². The number of hydrogen-bond acceptors (Lipinski definition) is 4. The van der Waals surface area contributed by atoms with E-state index in [1.165, 1.54) is 25.3 Å². The zero-order valence-electron chi connectivity index (χ0n) is 16.4. The van der Waals surface area contributed by atoms with Crippen LogP contribution in [0.1, 0.15) is 31.0 Å². The summed E-state index contributed by atoms with van der Waals surface area (Å²) >= 11 is 0. The number of carbonyl (C=O) groups is 1. The van der Waals surface area contributed by atoms with Crippen molar-refractivity contribution in [3.63, 3.8) is 0 Å². The molecule has 0 saturated heterocycles. The summed E-state index contributed by atoms with van der Waals surface area (Å²) in [7, 11) is -2.52. The molecule has 0 bridgehead atoms. The van der Waals surface area contributed by atoms with E-state index in [4.69, 9.17) is 4.74 Å². The van der Waals surface area contributed by atoms with Crippen molar-refractivity contribution in [1.82, 2.24) is 9.62 Å². The Labute approximate surface area is 165 Å². The van der Waals surface area contributed by atoms with Gasteiger partial charge in [0.15, 0.2) is 0 Å². The van der Waals surface area contributed by atoms with Crippen molar-refractivity contribution < 1.29 is 22.3 Å². The standard InChI is InChI=1S/C20H25FN2O4S/c1-5-23(28(25,26)19-12-14(2)6-11-18(19)27-4)13-20(24)22-15(3)16-7-9-17(21)10-8-16/h6-12,15H,5,13H2,1-4H3,(H,22,24). The first-order valence-corrected chi connectivity index (χ1v) is 10.3. The molecule has 152 valence electrons. The summed E-state index contributed by atoms with van der Waals surface area (Å²) in [4.78, 5) is 12.5. The second kappa shape index (κ2) is 9.16. The molecule has 0 spiro atoms. The van der Waals surface area contributed by atoms with Crippen LogP contribution in [-0.4, -0.2) is 38.8 Å². The zero-order chi connectivity index (χ0) is 20.9. The molecule has 1 atom stereocenters. The minimum atomic E-state index is -3.92. The third-order valence-electron chi connectivity index (χ3n) is 4.36. The summed E-state index contributed by atoms with van der Waals surface area (Å²) < 4.78 is 45.4. The fourth-order valence-corrected chi connectivity index (χ4v) is 4.42. The SMILES string of the molecule is CCN(CC(=O)NC(C)c1ccc(F)cc1)S(=O)(=O)c1cc(C)ccc1OC. The molecule has 1 N–H and O–H groups in total. The van der Waals surface area contributed by atoms with E-state index in [0.29, 0.717) is 0 Å². The van der Waals surface area contributed by atoms with E-state index in [1.54, 1.807) is 45.0 Å². The molecule has 0 aliphatic heterocycles. The molecule has 0 saturated carbocycles. The molecule has 0 aliphatic carbocycles. The van der Waals surface area contributed by atoms with Crippen LogP contribution in [0.25, 0.3) is 0 Å². The Bertz CT molecular complexity index is 930. The molecule has 6 nitrogen and oxygen atoms in total. The molecule has 2 aromatic carbocycles. The molecule has 8 heteroatoms. The number of benzene rings is 2. The lowest BCUT2D eigenvalue weighted by Crippen LogP contribution is -2.41. The Morgan fingerprint density at radius 2 is 1.86 bits per heavy atom. The van der Waals surface area contributed by atoms with Gasteiger partial charge in [0.2, 0.25) is 15.9 Å². The van der Waals surface area contributed by atoms with Gasteiger partial charge in [-0.2, -0.15) is 4.31 Å². The van der Waals surface area contributed by atoms with Crippen molar-refractivity contribution in [2.45, 2.75) is 31.7 Å². The van der Waals surface area contributed by atoms with E-state index in [0.717, 1.165) is 15.4 Å². The molecule has 0 aliphatic rings. The topological polar surface area (TPSA) is 75.7 Å². The third kappa shape index (κ3) is 5.08. The van der Waals surface area contributed by atoms with Gasteiger partial charge < -0.3 is 10.1 Å². The van der Waals surface area contributed by atoms with Crippen LogP contribution >= 0.6 is 0 Å². The summed E-state index contributed by atoms with van der Waals surface area (Å²) in [5, 5.41) is 2.75. The van der Waals surface area contributed by atoms with Gasteiger partial charge in [0.05, 0.1) is 19.7 Å². The van der Waals surface area contributed by atoms with Gasteiger partial charge in [0, 0.05) is 6.54 Å². The highest BCUT2D eigenvalue weighted by Gasteiger charge is 2.28. The van der Waals surface area contributed by atoms with Crippen molar-refractivity contribution in [1.29, 1.82) is 0 Å². The molecule has 2 aromatic rings. The quantitative estimate of drug-likeness (QED) is 0.729. The minimum absolute atomic E-state index is 0.0243. The average Bonchev–Trinajstić information content (AvgIpc) is 2.66. The van der Waals surface area contributed by atoms with Crippen LogP contribution in [0.3, 0.4) is 0 Å². The number of likely N-dealkylation sites (N-methyl/N-ethyl adjacent to an activating group) is 1. The van der Waals surface area contributed by atoms with Crippen molar-refractivity contribution >= 4 is 15.9 Å². The maximum absolute atomic E-state index is 13.0. The van der Waals surface area contributed by atoms with Gasteiger partial charge in [0.1, 0.15) is 16.5 Å². The Balaban J connectivity index is 2.17. The first kappa shape index (κ1) is 21.8. The second-order valence-corrected chi connectivity index (χ2v) is 8.33. The molecule has 0 aromatic heterocycles. The number of rotatable bonds is 8. The number of ether oxygens (including phenoxy) is 1. The van der Waals surface area contributed by atoms with E-state index >= 15 is 0 Å². The number of halogens is 1. The summed E-state index contributed by atoms with van der Waals surface area (Å²) in [5.74, 6) is -0.587. The Kier molecular flexibility index (Phi) is 7.15. The lowest BCUT2D eigenvalue weighted by atomic mass is 10.1. The van der Waals surface area contributed by atoms with Gasteiger partial charge in [-0.05, 0) is 49.2 Å². The van der Waals surface area contributed by atoms with Crippen LogP contribution in [0.15, 0.2) is 47.4 Å². The Hall–Kier alpha value is -2.45. The number of carbonyl (C=O) groups excluding carboxylic acids is 1. The van der Waals surface area contributed by atoms with Crippen LogP contribution in [0.2, 0.25) is 0 Å². The second-order valence-electron chi connectivity index (χ2n) is 6.43. The van der Waals surface area contributed by atoms with E-state index in [1.807, 2.05) is 0 Å². The Morgan fingerprint density at radius 1 is 1.21 bits per heavy atom. The van der Waals surface area contributed by atoms with Crippen LogP contribution in [0.4, 0.5) is 4.39 Å². The molecule has 1 amide bonds. The van der Waals surface area contributed by atoms with Gasteiger partial charge >= 0.3 is 0 Å². The summed E-state index contributed by atoms with van der Waals surface area (Å²) in [6, 6.07) is 10.3. The largest absolute Gasteiger partial charge is 0.495 e. The number of aryl methyl sites for hydroxylation is 1. The van der Waals surface area contributed by atoms with Crippen LogP contribution in [0.5, 0.6) is 5.75 Å². The van der Waals surface area contributed by atoms with Gasteiger partial charge in [-0.15, -0.1) is 0 Å². The number of amides is 1. The molecular weight excluding hydrogens is 383 g/mol. The van der Waals surface area contributed by atoms with Crippen molar-refractivity contribution in [3.05, 3.63) is 59.4 Å². The zero-order valence-corrected chi connectivity index (χ0v) is 17.2. The highest BCUT2D eigenvalue weighted by atomic mass is 32.2. The Morgan fingerprint density at radius 3 is 2.43 bits per heavy atom. The van der Waals surface area contributed by atoms with Gasteiger partial charge in [-0.1, -0.05) is 25.1 Å². The van der Waals surface area contributed by atoms with Crippen molar-refractivity contribution in [3.8, 4) is 5.75 Å². The summed E-state index contributed by atoms with van der Waals surface area (Å²) in [6.45, 7) is 4.99. The first-order valence-electron chi connectivity index (χ1n) is 8.88. The van der Waals surface area contributed by atoms with Crippen LogP contribution in [0, 0.1) is 12.7 Å². The molecule has 0 fully saturated rings. The van der Waals surface area contributed by atoms with Gasteiger partial charge in [-0.25, -0.2) is 12.8 Å². The van der Waals surface area contributed by atoms with Crippen molar-refractivity contribution in [2.24, 2.45) is 0 Å². The fraction of sp³-hybridized carbons (Fsp3) is 0.350. The molecular formula is C20H25FN2O4S. The van der Waals surface area contributed by atoms with Crippen LogP contribution < -0.4 is 10.1 Å². The number of methoxy groups -OCH3 is 1. The number of sulfonamides is 1. The monoisotopic (exact) mass is 408 g/mol. The lowest BCUT2D eigenvalue weighted by molar-refractivity contribution is -0.121. The molecule has 0 heterocycles. The minimum Gasteiger partial charge on any atom is -0.495 e. The van der Waals surface area contributed by atoms with E-state index in [9.17, 15) is 17.6 Å². The molecule has 1 unspecified atom stereocenters. The number of nitrogens with one attached hydrogen (secondary N) is 1. The molecule has 28 heavy (non-hydrogen) atoms. The van der Waals surface area contributed by atoms with Crippen molar-refractivity contribution in [2.75, 3.05) is 20.2 Å². The highest BCUT2D eigenvalue weighted by Crippen LogP contribution is 2.27. The first-order chi connectivity index (χ1) is 13.2. The fourth-order valence-electron chi connectivity index (χ4n) is 2.77. The van der Waals surface area contributed by atoms with Gasteiger partial charge in [0.25, 0.3) is 0 Å².